The molecule has 17 heavy (non-hydrogen) atoms. The smallest absolute Gasteiger partial charge is 0.132 e. The summed E-state index contributed by atoms with van der Waals surface area (Å²) in [5, 5.41) is 9.92. The predicted octanol–water partition coefficient (Wildman–Crippen LogP) is 2.63. The molecule has 4 heteroatoms. The Kier molecular flexibility index (Phi) is 3.06. The van der Waals surface area contributed by atoms with Crippen LogP contribution in [0.15, 0.2) is 42.5 Å². The van der Waals surface area contributed by atoms with Crippen LogP contribution in [0.1, 0.15) is 17.2 Å². The third-order valence-electron chi connectivity index (χ3n) is 2.53. The quantitative estimate of drug-likeness (QED) is 0.786. The lowest BCUT2D eigenvalue weighted by Crippen LogP contribution is -2.05. The molecule has 2 aromatic carbocycles. The van der Waals surface area contributed by atoms with Crippen LogP contribution in [0.4, 0.5) is 14.5 Å². The number of anilines is 1. The van der Waals surface area contributed by atoms with Crippen LogP contribution in [0.3, 0.4) is 0 Å². The highest BCUT2D eigenvalue weighted by Crippen LogP contribution is 2.27. The van der Waals surface area contributed by atoms with Gasteiger partial charge in [0.15, 0.2) is 0 Å². The van der Waals surface area contributed by atoms with Gasteiger partial charge >= 0.3 is 0 Å². The zero-order valence-corrected chi connectivity index (χ0v) is 8.90. The lowest BCUT2D eigenvalue weighted by atomic mass is 10.0. The Morgan fingerprint density at radius 3 is 2.00 bits per heavy atom. The van der Waals surface area contributed by atoms with Gasteiger partial charge in [-0.3, -0.25) is 0 Å². The van der Waals surface area contributed by atoms with Gasteiger partial charge in [0, 0.05) is 5.69 Å². The summed E-state index contributed by atoms with van der Waals surface area (Å²) in [5.41, 5.74) is 6.06. The van der Waals surface area contributed by atoms with E-state index in [1.54, 1.807) is 12.1 Å². The van der Waals surface area contributed by atoms with Gasteiger partial charge in [0.2, 0.25) is 0 Å². The van der Waals surface area contributed by atoms with Crippen LogP contribution >= 0.6 is 0 Å². The van der Waals surface area contributed by atoms with E-state index in [9.17, 15) is 13.9 Å². The largest absolute Gasteiger partial charge is 0.399 e. The van der Waals surface area contributed by atoms with E-state index in [0.717, 1.165) is 12.1 Å². The molecule has 0 aliphatic carbocycles. The van der Waals surface area contributed by atoms with E-state index in [2.05, 4.69) is 0 Å². The number of benzene rings is 2. The maximum atomic E-state index is 13.4. The van der Waals surface area contributed by atoms with E-state index in [-0.39, 0.29) is 5.56 Å². The molecule has 0 amide bonds. The number of rotatable bonds is 2. The number of aliphatic hydroxyl groups is 1. The number of halogens is 2. The number of nitrogens with two attached hydrogens (primary N) is 1. The van der Waals surface area contributed by atoms with E-state index < -0.39 is 17.7 Å². The zero-order chi connectivity index (χ0) is 12.4. The third kappa shape index (κ3) is 2.26. The molecule has 2 rings (SSSR count). The predicted molar refractivity (Wildman–Crippen MR) is 61.3 cm³/mol. The Bertz CT molecular complexity index is 505. The first kappa shape index (κ1) is 11.5. The Labute approximate surface area is 97.3 Å². The second kappa shape index (κ2) is 4.51. The summed E-state index contributed by atoms with van der Waals surface area (Å²) < 4.78 is 26.9. The molecular weight excluding hydrogens is 224 g/mol. The summed E-state index contributed by atoms with van der Waals surface area (Å²) in [6, 6.07) is 9.67. The van der Waals surface area contributed by atoms with Crippen molar-refractivity contribution in [1.82, 2.24) is 0 Å². The average molecular weight is 235 g/mol. The first-order valence-corrected chi connectivity index (χ1v) is 5.07. The SMILES string of the molecule is Nc1ccc(C(O)c2c(F)cccc2F)cc1. The van der Waals surface area contributed by atoms with Crippen molar-refractivity contribution in [2.24, 2.45) is 0 Å². The van der Waals surface area contributed by atoms with Gasteiger partial charge in [0.25, 0.3) is 0 Å². The highest BCUT2D eigenvalue weighted by molar-refractivity contribution is 5.42. The minimum atomic E-state index is -1.34. The fourth-order valence-electron chi connectivity index (χ4n) is 1.62. The summed E-state index contributed by atoms with van der Waals surface area (Å²) >= 11 is 0. The Balaban J connectivity index is 2.43. The normalized spacial score (nSPS) is 12.4. The van der Waals surface area contributed by atoms with Crippen LogP contribution in [0, 0.1) is 11.6 Å². The van der Waals surface area contributed by atoms with E-state index in [1.165, 1.54) is 18.2 Å². The van der Waals surface area contributed by atoms with Gasteiger partial charge in [-0.1, -0.05) is 18.2 Å². The molecule has 88 valence electrons. The molecule has 0 fully saturated rings. The van der Waals surface area contributed by atoms with Gasteiger partial charge < -0.3 is 10.8 Å². The molecule has 0 spiro atoms. The lowest BCUT2D eigenvalue weighted by molar-refractivity contribution is 0.209. The van der Waals surface area contributed by atoms with Crippen LogP contribution in [0.2, 0.25) is 0 Å². The maximum Gasteiger partial charge on any atom is 0.132 e. The monoisotopic (exact) mass is 235 g/mol. The fourth-order valence-corrected chi connectivity index (χ4v) is 1.62. The van der Waals surface area contributed by atoms with Crippen molar-refractivity contribution < 1.29 is 13.9 Å². The summed E-state index contributed by atoms with van der Waals surface area (Å²) in [4.78, 5) is 0. The van der Waals surface area contributed by atoms with Gasteiger partial charge in [-0.05, 0) is 29.8 Å². The van der Waals surface area contributed by atoms with Gasteiger partial charge in [0.1, 0.15) is 17.7 Å². The van der Waals surface area contributed by atoms with Gasteiger partial charge in [-0.25, -0.2) is 8.78 Å². The van der Waals surface area contributed by atoms with E-state index in [1.807, 2.05) is 0 Å². The third-order valence-corrected chi connectivity index (χ3v) is 2.53. The van der Waals surface area contributed by atoms with Gasteiger partial charge in [0.05, 0.1) is 5.56 Å². The van der Waals surface area contributed by atoms with Crippen molar-refractivity contribution in [3.8, 4) is 0 Å². The van der Waals surface area contributed by atoms with Crippen LogP contribution in [-0.4, -0.2) is 5.11 Å². The first-order valence-electron chi connectivity index (χ1n) is 5.07. The van der Waals surface area contributed by atoms with Crippen LogP contribution in [0.25, 0.3) is 0 Å². The molecule has 0 aliphatic heterocycles. The minimum Gasteiger partial charge on any atom is -0.399 e. The standard InChI is InChI=1S/C13H11F2NO/c14-10-2-1-3-11(15)12(10)13(17)8-4-6-9(16)7-5-8/h1-7,13,17H,16H2. The molecule has 0 bridgehead atoms. The molecule has 1 unspecified atom stereocenters. The maximum absolute atomic E-state index is 13.4. The second-order valence-corrected chi connectivity index (χ2v) is 3.70. The molecule has 0 heterocycles. The number of aliphatic hydroxyl groups excluding tert-OH is 1. The second-order valence-electron chi connectivity index (χ2n) is 3.70. The summed E-state index contributed by atoms with van der Waals surface area (Å²) in [6.45, 7) is 0. The highest BCUT2D eigenvalue weighted by Gasteiger charge is 2.19. The molecule has 0 saturated carbocycles. The summed E-state index contributed by atoms with van der Waals surface area (Å²) in [6.07, 6.45) is -1.34. The fraction of sp³-hybridized carbons (Fsp3) is 0.0769. The van der Waals surface area contributed by atoms with Crippen molar-refractivity contribution in [3.05, 3.63) is 65.2 Å². The first-order chi connectivity index (χ1) is 8.09. The Morgan fingerprint density at radius 2 is 1.47 bits per heavy atom. The van der Waals surface area contributed by atoms with Crippen molar-refractivity contribution in [2.75, 3.05) is 5.73 Å². The molecule has 0 aliphatic rings. The van der Waals surface area contributed by atoms with E-state index in [4.69, 9.17) is 5.73 Å². The average Bonchev–Trinajstić information content (AvgIpc) is 2.29. The molecule has 0 radical (unpaired) electrons. The molecule has 0 saturated heterocycles. The number of hydrogen-bond acceptors (Lipinski definition) is 2. The van der Waals surface area contributed by atoms with Crippen molar-refractivity contribution in [2.45, 2.75) is 6.10 Å². The zero-order valence-electron chi connectivity index (χ0n) is 8.90. The van der Waals surface area contributed by atoms with Crippen molar-refractivity contribution >= 4 is 5.69 Å². The van der Waals surface area contributed by atoms with Crippen molar-refractivity contribution in [3.63, 3.8) is 0 Å². The van der Waals surface area contributed by atoms with E-state index in [0.29, 0.717) is 11.3 Å². The minimum absolute atomic E-state index is 0.350. The van der Waals surface area contributed by atoms with Crippen molar-refractivity contribution in [1.29, 1.82) is 0 Å². The topological polar surface area (TPSA) is 46.2 Å². The number of nitrogen functional groups attached to an aromatic ring is 1. The Morgan fingerprint density at radius 1 is 0.941 bits per heavy atom. The summed E-state index contributed by atoms with van der Waals surface area (Å²) in [5.74, 6) is -1.54. The highest BCUT2D eigenvalue weighted by atomic mass is 19.1. The van der Waals surface area contributed by atoms with Crippen LogP contribution < -0.4 is 5.73 Å². The molecule has 2 aromatic rings. The molecular formula is C13H11F2NO. The van der Waals surface area contributed by atoms with Crippen LogP contribution in [0.5, 0.6) is 0 Å². The van der Waals surface area contributed by atoms with Gasteiger partial charge in [-0.15, -0.1) is 0 Å². The lowest BCUT2D eigenvalue weighted by Gasteiger charge is -2.13. The molecule has 3 N–H and O–H groups in total. The molecule has 1 atom stereocenters. The van der Waals surface area contributed by atoms with Gasteiger partial charge in [-0.2, -0.15) is 0 Å². The Hall–Kier alpha value is -1.94. The summed E-state index contributed by atoms with van der Waals surface area (Å²) in [7, 11) is 0. The molecule has 2 nitrogen and oxygen atoms in total. The van der Waals surface area contributed by atoms with Crippen LogP contribution in [-0.2, 0) is 0 Å². The molecule has 0 aromatic heterocycles. The van der Waals surface area contributed by atoms with E-state index >= 15 is 0 Å². The number of hydrogen-bond donors (Lipinski definition) is 2.